The number of halogens is 1. The quantitative estimate of drug-likeness (QED) is 0.340. The second-order valence-corrected chi connectivity index (χ2v) is 9.16. The van der Waals surface area contributed by atoms with Crippen LogP contribution in [0.25, 0.3) is 22.6 Å². The molecule has 0 unspecified atom stereocenters. The molecule has 1 N–H and O–H groups in total. The Labute approximate surface area is 199 Å². The lowest BCUT2D eigenvalue weighted by Crippen LogP contribution is -2.60. The molecule has 1 aliphatic rings. The van der Waals surface area contributed by atoms with Crippen LogP contribution < -0.4 is 15.1 Å². The van der Waals surface area contributed by atoms with Crippen LogP contribution in [0.4, 0.5) is 5.69 Å². The molecule has 0 fully saturated rings. The van der Waals surface area contributed by atoms with Gasteiger partial charge in [0, 0.05) is 22.6 Å². The summed E-state index contributed by atoms with van der Waals surface area (Å²) in [5, 5.41) is 5.81. The van der Waals surface area contributed by atoms with E-state index in [9.17, 15) is 9.59 Å². The van der Waals surface area contributed by atoms with Crippen LogP contribution in [0.3, 0.4) is 0 Å². The van der Waals surface area contributed by atoms with Crippen LogP contribution in [-0.4, -0.2) is 21.7 Å². The number of H-pyrrole nitrogens is 1. The summed E-state index contributed by atoms with van der Waals surface area (Å²) in [5.74, 6) is 1.66. The van der Waals surface area contributed by atoms with E-state index in [1.807, 2.05) is 55.5 Å². The number of carbonyl (C=O) groups is 1. The Bertz CT molecular complexity index is 1410. The van der Waals surface area contributed by atoms with Gasteiger partial charge in [-0.3, -0.25) is 14.6 Å². The largest absolute Gasteiger partial charge is 0.452 e. The Morgan fingerprint density at radius 2 is 1.94 bits per heavy atom. The van der Waals surface area contributed by atoms with Crippen molar-refractivity contribution in [3.63, 3.8) is 0 Å². The standard InChI is InChI=1S/C24H19ClN4O3S/c1-3-33-24-26-22(31)21-17-6-4-5-7-18(17)28(14(2)30)23(29(21)27-24)20-13-12-19(32-20)15-8-10-16(25)11-9-15/h4-13,23H,3H2,1-2H3/p+1/t23-/m0/s1. The number of benzene rings is 2. The number of nitrogens with one attached hydrogen (secondary N) is 1. The maximum absolute atomic E-state index is 13.2. The van der Waals surface area contributed by atoms with Crippen LogP contribution >= 0.6 is 23.4 Å². The number of aromatic amines is 1. The van der Waals surface area contributed by atoms with Crippen molar-refractivity contribution in [3.8, 4) is 22.6 Å². The molecule has 0 radical (unpaired) electrons. The number of amides is 1. The summed E-state index contributed by atoms with van der Waals surface area (Å²) in [6.07, 6.45) is -0.757. The highest BCUT2D eigenvalue weighted by Gasteiger charge is 2.46. The number of anilines is 1. The minimum Gasteiger partial charge on any atom is -0.452 e. The number of rotatable bonds is 4. The number of hydrogen-bond donors (Lipinski definition) is 1. The molecule has 3 heterocycles. The van der Waals surface area contributed by atoms with Gasteiger partial charge in [-0.15, -0.1) is 0 Å². The number of hydrogen-bond acceptors (Lipinski definition) is 5. The van der Waals surface area contributed by atoms with Crippen molar-refractivity contribution in [1.82, 2.24) is 10.1 Å². The molecule has 0 spiro atoms. The summed E-state index contributed by atoms with van der Waals surface area (Å²) in [4.78, 5) is 30.5. The molecule has 9 heteroatoms. The first-order valence-electron chi connectivity index (χ1n) is 10.4. The smallest absolute Gasteiger partial charge is 0.325 e. The fourth-order valence-corrected chi connectivity index (χ4v) is 4.74. The van der Waals surface area contributed by atoms with E-state index < -0.39 is 6.17 Å². The molecule has 33 heavy (non-hydrogen) atoms. The zero-order chi connectivity index (χ0) is 23.1. The fourth-order valence-electron chi connectivity index (χ4n) is 4.03. The summed E-state index contributed by atoms with van der Waals surface area (Å²) >= 11 is 7.44. The molecule has 0 saturated heterocycles. The Balaban J connectivity index is 1.74. The van der Waals surface area contributed by atoms with Crippen molar-refractivity contribution in [2.45, 2.75) is 25.2 Å². The molecule has 1 atom stereocenters. The summed E-state index contributed by atoms with van der Waals surface area (Å²) in [5.41, 5.74) is 2.21. The average Bonchev–Trinajstić information content (AvgIpc) is 3.28. The molecular formula is C24H20ClN4O3S+. The first kappa shape index (κ1) is 21.5. The second-order valence-electron chi connectivity index (χ2n) is 7.47. The zero-order valence-corrected chi connectivity index (χ0v) is 19.5. The van der Waals surface area contributed by atoms with E-state index in [2.05, 4.69) is 4.98 Å². The molecule has 0 bridgehead atoms. The van der Waals surface area contributed by atoms with Gasteiger partial charge in [-0.1, -0.05) is 42.4 Å². The van der Waals surface area contributed by atoms with Gasteiger partial charge in [-0.25, -0.2) is 4.90 Å². The molecular weight excluding hydrogens is 460 g/mol. The normalized spacial score (nSPS) is 14.6. The Kier molecular flexibility index (Phi) is 5.55. The van der Waals surface area contributed by atoms with Gasteiger partial charge in [-0.05, 0) is 59.0 Å². The maximum atomic E-state index is 13.2. The summed E-state index contributed by atoms with van der Waals surface area (Å²) < 4.78 is 7.81. The summed E-state index contributed by atoms with van der Waals surface area (Å²) in [6.45, 7) is 3.47. The number of furan rings is 1. The van der Waals surface area contributed by atoms with Crippen LogP contribution in [0.2, 0.25) is 5.02 Å². The topological polar surface area (TPSA) is 83.1 Å². The van der Waals surface area contributed by atoms with Crippen molar-refractivity contribution in [2.75, 3.05) is 10.7 Å². The van der Waals surface area contributed by atoms with Crippen LogP contribution in [0, 0.1) is 0 Å². The maximum Gasteiger partial charge on any atom is 0.325 e. The van der Waals surface area contributed by atoms with E-state index >= 15 is 0 Å². The molecule has 0 aliphatic carbocycles. The van der Waals surface area contributed by atoms with Gasteiger partial charge in [0.25, 0.3) is 0 Å². The Morgan fingerprint density at radius 3 is 2.67 bits per heavy atom. The van der Waals surface area contributed by atoms with Crippen molar-refractivity contribution in [1.29, 1.82) is 0 Å². The molecule has 4 aromatic rings. The van der Waals surface area contributed by atoms with Crippen molar-refractivity contribution >= 4 is 35.0 Å². The van der Waals surface area contributed by atoms with Gasteiger partial charge in [0.05, 0.1) is 11.3 Å². The van der Waals surface area contributed by atoms with E-state index in [0.717, 1.165) is 11.3 Å². The van der Waals surface area contributed by atoms with E-state index in [1.165, 1.54) is 18.7 Å². The van der Waals surface area contributed by atoms with Gasteiger partial charge in [-0.2, -0.15) is 0 Å². The lowest BCUT2D eigenvalue weighted by atomic mass is 10.0. The van der Waals surface area contributed by atoms with E-state index in [4.69, 9.17) is 21.1 Å². The molecule has 2 aromatic heterocycles. The third-order valence-electron chi connectivity index (χ3n) is 5.39. The molecule has 1 amide bonds. The highest BCUT2D eigenvalue weighted by molar-refractivity contribution is 7.99. The molecule has 5 rings (SSSR count). The third-order valence-corrected chi connectivity index (χ3v) is 6.39. The van der Waals surface area contributed by atoms with Gasteiger partial charge in [0.15, 0.2) is 5.76 Å². The second kappa shape index (κ2) is 8.53. The molecule has 1 aliphatic heterocycles. The van der Waals surface area contributed by atoms with Crippen molar-refractivity contribution in [2.24, 2.45) is 0 Å². The Morgan fingerprint density at radius 1 is 1.18 bits per heavy atom. The van der Waals surface area contributed by atoms with Crippen LogP contribution in [-0.2, 0) is 4.79 Å². The molecule has 7 nitrogen and oxygen atoms in total. The third kappa shape index (κ3) is 3.75. The van der Waals surface area contributed by atoms with Crippen molar-refractivity contribution < 1.29 is 13.9 Å². The SMILES string of the molecule is CCSc1n[n+]2c(c(=O)[nH]1)-c1ccccc1N(C(C)=O)[C@@H]2c1ccc(-c2ccc(Cl)cc2)o1. The first-order chi connectivity index (χ1) is 16.0. The van der Waals surface area contributed by atoms with E-state index in [0.29, 0.717) is 38.6 Å². The van der Waals surface area contributed by atoms with E-state index in [-0.39, 0.29) is 11.5 Å². The minimum absolute atomic E-state index is 0.193. The van der Waals surface area contributed by atoms with Gasteiger partial charge in [0.2, 0.25) is 11.1 Å². The summed E-state index contributed by atoms with van der Waals surface area (Å²) in [6, 6.07) is 18.3. The van der Waals surface area contributed by atoms with Crippen LogP contribution in [0.1, 0.15) is 25.8 Å². The number of carbonyl (C=O) groups excluding carboxylic acids is 1. The zero-order valence-electron chi connectivity index (χ0n) is 17.9. The highest BCUT2D eigenvalue weighted by atomic mass is 35.5. The lowest BCUT2D eigenvalue weighted by Gasteiger charge is -2.30. The highest BCUT2D eigenvalue weighted by Crippen LogP contribution is 2.38. The van der Waals surface area contributed by atoms with Gasteiger partial charge in [0.1, 0.15) is 5.76 Å². The monoisotopic (exact) mass is 479 g/mol. The van der Waals surface area contributed by atoms with Gasteiger partial charge < -0.3 is 4.42 Å². The van der Waals surface area contributed by atoms with E-state index in [1.54, 1.807) is 21.7 Å². The van der Waals surface area contributed by atoms with Gasteiger partial charge >= 0.3 is 17.4 Å². The number of para-hydroxylation sites is 1. The number of aromatic nitrogens is 3. The predicted octanol–water partition coefficient (Wildman–Crippen LogP) is 4.66. The molecule has 0 saturated carbocycles. The number of thioether (sulfide) groups is 1. The average molecular weight is 480 g/mol. The lowest BCUT2D eigenvalue weighted by molar-refractivity contribution is -0.764. The fraction of sp³-hybridized carbons (Fsp3) is 0.167. The van der Waals surface area contributed by atoms with Crippen LogP contribution in [0.5, 0.6) is 0 Å². The van der Waals surface area contributed by atoms with Crippen molar-refractivity contribution in [3.05, 3.63) is 81.8 Å². The number of nitrogens with zero attached hydrogens (tertiary/aromatic N) is 3. The molecule has 166 valence electrons. The molecule has 2 aromatic carbocycles. The Hall–Kier alpha value is -3.36. The minimum atomic E-state index is -0.757. The summed E-state index contributed by atoms with van der Waals surface area (Å²) in [7, 11) is 0. The number of fused-ring (bicyclic) bond motifs is 3. The first-order valence-corrected chi connectivity index (χ1v) is 11.8. The predicted molar refractivity (Wildman–Crippen MR) is 127 cm³/mol. The van der Waals surface area contributed by atoms with Crippen LogP contribution in [0.15, 0.2) is 75.0 Å².